The van der Waals surface area contributed by atoms with Crippen LogP contribution in [0, 0.1) is 5.92 Å². The fourth-order valence-corrected chi connectivity index (χ4v) is 6.29. The number of ether oxygens (including phenoxy) is 1. The molecule has 0 saturated carbocycles. The quantitative estimate of drug-likeness (QED) is 0.597. The molecular weight excluding hydrogens is 392 g/mol. The van der Waals surface area contributed by atoms with Crippen LogP contribution in [0.25, 0.3) is 21.3 Å². The van der Waals surface area contributed by atoms with E-state index in [0.717, 1.165) is 36.6 Å². The lowest BCUT2D eigenvalue weighted by Gasteiger charge is -2.39. The Morgan fingerprint density at radius 3 is 2.57 bits per heavy atom. The molecule has 2 fully saturated rings. The number of benzene rings is 1. The highest BCUT2D eigenvalue weighted by atomic mass is 32.1. The summed E-state index contributed by atoms with van der Waals surface area (Å²) in [5.74, 6) is 1.70. The summed E-state index contributed by atoms with van der Waals surface area (Å²) in [7, 11) is 4.15. The molecular formula is C24H30N4OS. The van der Waals surface area contributed by atoms with E-state index < -0.39 is 0 Å². The number of fused-ring (bicyclic) bond motifs is 1. The van der Waals surface area contributed by atoms with Gasteiger partial charge in [-0.05, 0) is 50.8 Å². The SMILES string of the molecule is COC(C1CCN(c2ncnc3scc(-c4ccccc4)c23)CC1)C1CCCN1C. The van der Waals surface area contributed by atoms with Crippen LogP contribution in [0.1, 0.15) is 25.7 Å². The number of likely N-dealkylation sites (N-methyl/N-ethyl adjacent to an activating group) is 1. The van der Waals surface area contributed by atoms with Gasteiger partial charge in [-0.25, -0.2) is 9.97 Å². The zero-order valence-electron chi connectivity index (χ0n) is 17.8. The van der Waals surface area contributed by atoms with Crippen LogP contribution in [0.2, 0.25) is 0 Å². The molecule has 0 radical (unpaired) electrons. The van der Waals surface area contributed by atoms with Gasteiger partial charge in [-0.1, -0.05) is 30.3 Å². The maximum absolute atomic E-state index is 6.04. The fraction of sp³-hybridized carbons (Fsp3) is 0.500. The number of anilines is 1. The molecule has 2 unspecified atom stereocenters. The Hall–Kier alpha value is -2.02. The minimum Gasteiger partial charge on any atom is -0.380 e. The smallest absolute Gasteiger partial charge is 0.141 e. The lowest BCUT2D eigenvalue weighted by atomic mass is 9.86. The van der Waals surface area contributed by atoms with E-state index in [1.807, 2.05) is 7.11 Å². The van der Waals surface area contributed by atoms with Crippen LogP contribution in [0.3, 0.4) is 0 Å². The Bertz CT molecular complexity index is 983. The molecule has 0 N–H and O–H groups in total. The fourth-order valence-electron chi connectivity index (χ4n) is 5.38. The Morgan fingerprint density at radius 1 is 1.07 bits per heavy atom. The highest BCUT2D eigenvalue weighted by Gasteiger charge is 2.36. The van der Waals surface area contributed by atoms with E-state index in [4.69, 9.17) is 9.72 Å². The molecule has 0 aliphatic carbocycles. The minimum absolute atomic E-state index is 0.339. The van der Waals surface area contributed by atoms with E-state index in [2.05, 4.69) is 57.5 Å². The minimum atomic E-state index is 0.339. The van der Waals surface area contributed by atoms with Gasteiger partial charge in [0.25, 0.3) is 0 Å². The molecule has 0 amide bonds. The van der Waals surface area contributed by atoms with Crippen LogP contribution in [0.15, 0.2) is 42.0 Å². The lowest BCUT2D eigenvalue weighted by molar-refractivity contribution is -0.00970. The van der Waals surface area contributed by atoms with Crippen molar-refractivity contribution >= 4 is 27.4 Å². The predicted octanol–water partition coefficient (Wildman–Crippen LogP) is 4.68. The van der Waals surface area contributed by atoms with Gasteiger partial charge in [0, 0.05) is 37.2 Å². The van der Waals surface area contributed by atoms with Crippen molar-refractivity contribution < 1.29 is 4.74 Å². The molecule has 2 aliphatic heterocycles. The highest BCUT2D eigenvalue weighted by molar-refractivity contribution is 7.17. The first kappa shape index (κ1) is 19.9. The van der Waals surface area contributed by atoms with Crippen molar-refractivity contribution in [1.29, 1.82) is 0 Å². The summed E-state index contributed by atoms with van der Waals surface area (Å²) in [6.07, 6.45) is 6.92. The second-order valence-electron chi connectivity index (χ2n) is 8.61. The first-order valence-electron chi connectivity index (χ1n) is 11.0. The van der Waals surface area contributed by atoms with Crippen molar-refractivity contribution in [3.8, 4) is 11.1 Å². The van der Waals surface area contributed by atoms with E-state index in [-0.39, 0.29) is 0 Å². The van der Waals surface area contributed by atoms with Crippen molar-refractivity contribution in [2.45, 2.75) is 37.8 Å². The van der Waals surface area contributed by atoms with Gasteiger partial charge in [-0.2, -0.15) is 0 Å². The maximum Gasteiger partial charge on any atom is 0.141 e. The molecule has 2 aliphatic rings. The molecule has 30 heavy (non-hydrogen) atoms. The summed E-state index contributed by atoms with van der Waals surface area (Å²) < 4.78 is 6.04. The van der Waals surface area contributed by atoms with Gasteiger partial charge in [0.1, 0.15) is 17.0 Å². The predicted molar refractivity (Wildman–Crippen MR) is 124 cm³/mol. The van der Waals surface area contributed by atoms with E-state index in [0.29, 0.717) is 18.1 Å². The van der Waals surface area contributed by atoms with Gasteiger partial charge in [0.2, 0.25) is 0 Å². The average molecular weight is 423 g/mol. The molecule has 3 aromatic rings. The number of rotatable bonds is 5. The number of likely N-dealkylation sites (tertiary alicyclic amines) is 1. The van der Waals surface area contributed by atoms with Crippen molar-refractivity contribution in [3.63, 3.8) is 0 Å². The Labute approximate surface area is 182 Å². The number of aromatic nitrogens is 2. The largest absolute Gasteiger partial charge is 0.380 e. The molecule has 2 saturated heterocycles. The van der Waals surface area contributed by atoms with Crippen LogP contribution in [0.5, 0.6) is 0 Å². The van der Waals surface area contributed by atoms with Gasteiger partial charge in [-0.3, -0.25) is 0 Å². The monoisotopic (exact) mass is 422 g/mol. The third-order valence-corrected chi connectivity index (χ3v) is 7.85. The van der Waals surface area contributed by atoms with Crippen LogP contribution in [-0.4, -0.2) is 60.8 Å². The Balaban J connectivity index is 1.38. The Morgan fingerprint density at radius 2 is 1.87 bits per heavy atom. The van der Waals surface area contributed by atoms with Crippen molar-refractivity contribution in [1.82, 2.24) is 14.9 Å². The number of hydrogen-bond acceptors (Lipinski definition) is 6. The molecule has 0 bridgehead atoms. The van der Waals surface area contributed by atoms with Crippen LogP contribution in [0.4, 0.5) is 5.82 Å². The highest BCUT2D eigenvalue weighted by Crippen LogP contribution is 2.39. The number of hydrogen-bond donors (Lipinski definition) is 0. The second-order valence-corrected chi connectivity index (χ2v) is 9.47. The summed E-state index contributed by atoms with van der Waals surface area (Å²) >= 11 is 1.71. The molecule has 5 nitrogen and oxygen atoms in total. The third-order valence-electron chi connectivity index (χ3n) is 6.97. The number of methoxy groups -OCH3 is 1. The molecule has 1 aromatic carbocycles. The zero-order valence-corrected chi connectivity index (χ0v) is 18.6. The number of thiophene rings is 1. The van der Waals surface area contributed by atoms with Gasteiger partial charge in [0.05, 0.1) is 11.5 Å². The third kappa shape index (κ3) is 3.61. The van der Waals surface area contributed by atoms with E-state index in [1.54, 1.807) is 17.7 Å². The Kier molecular flexibility index (Phi) is 5.72. The van der Waals surface area contributed by atoms with Crippen molar-refractivity contribution in [2.24, 2.45) is 5.92 Å². The molecule has 158 valence electrons. The van der Waals surface area contributed by atoms with Crippen LogP contribution >= 0.6 is 11.3 Å². The van der Waals surface area contributed by atoms with Gasteiger partial charge in [-0.15, -0.1) is 11.3 Å². The molecule has 2 atom stereocenters. The lowest BCUT2D eigenvalue weighted by Crippen LogP contribution is -2.46. The molecule has 4 heterocycles. The first-order valence-corrected chi connectivity index (χ1v) is 11.9. The first-order chi connectivity index (χ1) is 14.8. The molecule has 0 spiro atoms. The molecule has 5 rings (SSSR count). The van der Waals surface area contributed by atoms with Gasteiger partial charge < -0.3 is 14.5 Å². The van der Waals surface area contributed by atoms with Gasteiger partial charge >= 0.3 is 0 Å². The summed E-state index contributed by atoms with van der Waals surface area (Å²) in [5.41, 5.74) is 2.48. The van der Waals surface area contributed by atoms with Crippen molar-refractivity contribution in [2.75, 3.05) is 38.7 Å². The average Bonchev–Trinajstić information content (AvgIpc) is 3.42. The summed E-state index contributed by atoms with van der Waals surface area (Å²) in [5, 5.41) is 3.42. The van der Waals surface area contributed by atoms with Crippen LogP contribution < -0.4 is 4.90 Å². The maximum atomic E-state index is 6.04. The summed E-state index contributed by atoms with van der Waals surface area (Å²) in [6, 6.07) is 11.2. The summed E-state index contributed by atoms with van der Waals surface area (Å²) in [4.78, 5) is 15.3. The molecule has 2 aromatic heterocycles. The normalized spacial score (nSPS) is 22.1. The second kappa shape index (κ2) is 8.61. The van der Waals surface area contributed by atoms with Crippen molar-refractivity contribution in [3.05, 3.63) is 42.0 Å². The number of piperidine rings is 1. The van der Waals surface area contributed by atoms with Crippen LogP contribution in [-0.2, 0) is 4.74 Å². The van der Waals surface area contributed by atoms with E-state index >= 15 is 0 Å². The summed E-state index contributed by atoms with van der Waals surface area (Å²) in [6.45, 7) is 3.25. The zero-order chi connectivity index (χ0) is 20.5. The number of nitrogens with zero attached hydrogens (tertiary/aromatic N) is 4. The standard InChI is InChI=1S/C24H30N4OS/c1-27-12-6-9-20(27)22(29-2)18-10-13-28(14-11-18)23-21-19(17-7-4-3-5-8-17)15-30-24(21)26-16-25-23/h3-5,7-8,15-16,18,20,22H,6,9-14H2,1-2H3. The van der Waals surface area contributed by atoms with Gasteiger partial charge in [0.15, 0.2) is 0 Å². The molecule has 6 heteroatoms. The van der Waals surface area contributed by atoms with E-state index in [9.17, 15) is 0 Å². The topological polar surface area (TPSA) is 41.5 Å². The van der Waals surface area contributed by atoms with E-state index in [1.165, 1.54) is 35.9 Å².